The van der Waals surface area contributed by atoms with Gasteiger partial charge in [-0.15, -0.1) is 0 Å². The fourth-order valence-corrected chi connectivity index (χ4v) is 2.01. The van der Waals surface area contributed by atoms with E-state index in [9.17, 15) is 8.42 Å². The van der Waals surface area contributed by atoms with Crippen LogP contribution in [0, 0.1) is 0 Å². The molecular weight excluding hydrogens is 216 g/mol. The molecule has 0 aliphatic heterocycles. The number of methoxy groups -OCH3 is 1. The minimum absolute atomic E-state index is 0.105. The van der Waals surface area contributed by atoms with Crippen LogP contribution in [0.25, 0.3) is 0 Å². The molecule has 0 saturated heterocycles. The highest BCUT2D eigenvalue weighted by atomic mass is 32.2. The minimum Gasteiger partial charge on any atom is -0.380 e. The number of nitrogens with one attached hydrogen (secondary N) is 2. The summed E-state index contributed by atoms with van der Waals surface area (Å²) in [7, 11) is -1.67. The van der Waals surface area contributed by atoms with Gasteiger partial charge in [-0.1, -0.05) is 6.92 Å². The van der Waals surface area contributed by atoms with Gasteiger partial charge in [-0.2, -0.15) is 0 Å². The van der Waals surface area contributed by atoms with Crippen LogP contribution in [0.5, 0.6) is 0 Å². The number of hydrogen-bond acceptors (Lipinski definition) is 4. The van der Waals surface area contributed by atoms with Crippen LogP contribution in [0.4, 0.5) is 0 Å². The summed E-state index contributed by atoms with van der Waals surface area (Å²) in [5.74, 6) is 0. The smallest absolute Gasteiger partial charge is 0.215 e. The number of sulfonamides is 1. The van der Waals surface area contributed by atoms with Crippen LogP contribution in [-0.2, 0) is 14.8 Å². The summed E-state index contributed by atoms with van der Waals surface area (Å²) in [6.45, 7) is 7.00. The first-order valence-electron chi connectivity index (χ1n) is 5.16. The maximum Gasteiger partial charge on any atom is 0.215 e. The van der Waals surface area contributed by atoms with Gasteiger partial charge in [-0.25, -0.2) is 13.1 Å². The molecule has 0 fully saturated rings. The first-order chi connectivity index (χ1) is 6.94. The summed E-state index contributed by atoms with van der Waals surface area (Å²) in [5.41, 5.74) is 0. The summed E-state index contributed by atoms with van der Waals surface area (Å²) in [4.78, 5) is 0. The topological polar surface area (TPSA) is 67.4 Å². The van der Waals surface area contributed by atoms with E-state index in [0.29, 0.717) is 13.1 Å². The Morgan fingerprint density at radius 3 is 2.33 bits per heavy atom. The average molecular weight is 238 g/mol. The van der Waals surface area contributed by atoms with E-state index in [2.05, 4.69) is 10.0 Å². The first-order valence-corrected chi connectivity index (χ1v) is 6.70. The van der Waals surface area contributed by atoms with Crippen molar-refractivity contribution in [3.8, 4) is 0 Å². The average Bonchev–Trinajstić information content (AvgIpc) is 2.22. The van der Waals surface area contributed by atoms with Gasteiger partial charge in [0.05, 0.1) is 11.4 Å². The van der Waals surface area contributed by atoms with E-state index < -0.39 is 15.3 Å². The van der Waals surface area contributed by atoms with Crippen molar-refractivity contribution < 1.29 is 13.2 Å². The zero-order chi connectivity index (χ0) is 11.9. The Morgan fingerprint density at radius 1 is 1.27 bits per heavy atom. The second-order valence-electron chi connectivity index (χ2n) is 3.56. The Kier molecular flexibility index (Phi) is 7.08. The standard InChI is InChI=1S/C9H22N2O3S/c1-5-10-7-9(3)15(12,13)11-6-8(2)14-4/h8-11H,5-7H2,1-4H3. The molecule has 0 aliphatic rings. The summed E-state index contributed by atoms with van der Waals surface area (Å²) >= 11 is 0. The van der Waals surface area contributed by atoms with Gasteiger partial charge in [-0.3, -0.25) is 0 Å². The molecular formula is C9H22N2O3S. The Balaban J connectivity index is 4.05. The zero-order valence-corrected chi connectivity index (χ0v) is 10.7. The second kappa shape index (κ2) is 7.16. The Bertz CT molecular complexity index is 254. The van der Waals surface area contributed by atoms with Gasteiger partial charge in [0.1, 0.15) is 0 Å². The zero-order valence-electron chi connectivity index (χ0n) is 9.91. The van der Waals surface area contributed by atoms with Crippen LogP contribution >= 0.6 is 0 Å². The molecule has 2 atom stereocenters. The van der Waals surface area contributed by atoms with Crippen LogP contribution < -0.4 is 10.0 Å². The minimum atomic E-state index is -3.23. The molecule has 0 aromatic carbocycles. The summed E-state index contributed by atoms with van der Waals surface area (Å²) in [6.07, 6.45) is -0.105. The van der Waals surface area contributed by atoms with Gasteiger partial charge in [0.2, 0.25) is 10.0 Å². The lowest BCUT2D eigenvalue weighted by atomic mass is 10.4. The third kappa shape index (κ3) is 6.09. The van der Waals surface area contributed by atoms with Gasteiger partial charge >= 0.3 is 0 Å². The van der Waals surface area contributed by atoms with Crippen LogP contribution in [0.3, 0.4) is 0 Å². The Labute approximate surface area is 92.6 Å². The highest BCUT2D eigenvalue weighted by Crippen LogP contribution is 1.97. The van der Waals surface area contributed by atoms with Crippen molar-refractivity contribution in [1.82, 2.24) is 10.0 Å². The van der Waals surface area contributed by atoms with Crippen molar-refractivity contribution in [2.45, 2.75) is 32.1 Å². The maximum absolute atomic E-state index is 11.7. The monoisotopic (exact) mass is 238 g/mol. The van der Waals surface area contributed by atoms with Gasteiger partial charge < -0.3 is 10.1 Å². The molecule has 0 spiro atoms. The SMILES string of the molecule is CCNCC(C)S(=O)(=O)NCC(C)OC. The highest BCUT2D eigenvalue weighted by Gasteiger charge is 2.20. The molecule has 6 heteroatoms. The lowest BCUT2D eigenvalue weighted by Gasteiger charge is -2.16. The molecule has 0 aliphatic carbocycles. The van der Waals surface area contributed by atoms with Gasteiger partial charge in [0, 0.05) is 20.2 Å². The molecule has 0 saturated carbocycles. The van der Waals surface area contributed by atoms with E-state index >= 15 is 0 Å². The summed E-state index contributed by atoms with van der Waals surface area (Å²) < 4.78 is 30.8. The number of hydrogen-bond donors (Lipinski definition) is 2. The lowest BCUT2D eigenvalue weighted by molar-refractivity contribution is 0.122. The van der Waals surface area contributed by atoms with Crippen LogP contribution in [0.15, 0.2) is 0 Å². The number of ether oxygens (including phenoxy) is 1. The quantitative estimate of drug-likeness (QED) is 0.621. The predicted molar refractivity (Wildman–Crippen MR) is 61.4 cm³/mol. The third-order valence-electron chi connectivity index (χ3n) is 2.19. The lowest BCUT2D eigenvalue weighted by Crippen LogP contribution is -2.41. The van der Waals surface area contributed by atoms with E-state index in [1.54, 1.807) is 14.0 Å². The fraction of sp³-hybridized carbons (Fsp3) is 1.00. The van der Waals surface area contributed by atoms with E-state index in [0.717, 1.165) is 6.54 Å². The van der Waals surface area contributed by atoms with Gasteiger partial charge in [-0.05, 0) is 20.4 Å². The van der Waals surface area contributed by atoms with Crippen molar-refractivity contribution in [1.29, 1.82) is 0 Å². The fourth-order valence-electron chi connectivity index (χ4n) is 0.916. The molecule has 0 aromatic rings. The Hall–Kier alpha value is -0.170. The van der Waals surface area contributed by atoms with Crippen molar-refractivity contribution in [2.24, 2.45) is 0 Å². The second-order valence-corrected chi connectivity index (χ2v) is 5.74. The van der Waals surface area contributed by atoms with Crippen molar-refractivity contribution in [3.63, 3.8) is 0 Å². The van der Waals surface area contributed by atoms with E-state index in [1.807, 2.05) is 13.8 Å². The van der Waals surface area contributed by atoms with Gasteiger partial charge in [0.25, 0.3) is 0 Å². The van der Waals surface area contributed by atoms with E-state index in [1.165, 1.54) is 0 Å². The van der Waals surface area contributed by atoms with Crippen LogP contribution in [0.1, 0.15) is 20.8 Å². The molecule has 0 rings (SSSR count). The molecule has 5 nitrogen and oxygen atoms in total. The molecule has 15 heavy (non-hydrogen) atoms. The van der Waals surface area contributed by atoms with Crippen LogP contribution in [-0.4, -0.2) is 46.5 Å². The first kappa shape index (κ1) is 14.8. The molecule has 92 valence electrons. The normalized spacial score (nSPS) is 16.3. The summed E-state index contributed by atoms with van der Waals surface area (Å²) in [5, 5.41) is 2.58. The molecule has 0 amide bonds. The molecule has 0 heterocycles. The van der Waals surface area contributed by atoms with Crippen molar-refractivity contribution >= 4 is 10.0 Å². The largest absolute Gasteiger partial charge is 0.380 e. The third-order valence-corrected chi connectivity index (χ3v) is 3.98. The number of rotatable bonds is 8. The van der Waals surface area contributed by atoms with Gasteiger partial charge in [0.15, 0.2) is 0 Å². The molecule has 2 unspecified atom stereocenters. The molecule has 0 bridgehead atoms. The van der Waals surface area contributed by atoms with E-state index in [-0.39, 0.29) is 6.10 Å². The Morgan fingerprint density at radius 2 is 1.87 bits per heavy atom. The van der Waals surface area contributed by atoms with Crippen molar-refractivity contribution in [2.75, 3.05) is 26.7 Å². The maximum atomic E-state index is 11.7. The molecule has 0 aromatic heterocycles. The van der Waals surface area contributed by atoms with E-state index in [4.69, 9.17) is 4.74 Å². The highest BCUT2D eigenvalue weighted by molar-refractivity contribution is 7.90. The molecule has 0 radical (unpaired) electrons. The van der Waals surface area contributed by atoms with Crippen molar-refractivity contribution in [3.05, 3.63) is 0 Å². The van der Waals surface area contributed by atoms with Crippen LogP contribution in [0.2, 0.25) is 0 Å². The summed E-state index contributed by atoms with van der Waals surface area (Å²) in [6, 6.07) is 0. The predicted octanol–water partition coefficient (Wildman–Crippen LogP) is -0.0613. The molecule has 2 N–H and O–H groups in total.